The van der Waals surface area contributed by atoms with Crippen molar-refractivity contribution in [2.45, 2.75) is 30.3 Å². The predicted molar refractivity (Wildman–Crippen MR) is 115 cm³/mol. The Kier molecular flexibility index (Phi) is 7.83. The molecule has 1 fully saturated rings. The molecule has 1 heterocycles. The molecule has 0 aliphatic carbocycles. The molecule has 27 heavy (non-hydrogen) atoms. The van der Waals surface area contributed by atoms with E-state index in [9.17, 15) is 9.59 Å². The fraction of sp³-hybridized carbons (Fsp3) is 0.353. The molecule has 0 spiro atoms. The Morgan fingerprint density at radius 2 is 1.96 bits per heavy atom. The number of nitrogens with one attached hydrogen (secondary N) is 1. The molecule has 0 aromatic heterocycles. The summed E-state index contributed by atoms with van der Waals surface area (Å²) in [5.74, 6) is -0.00625. The smallest absolute Gasteiger partial charge is 0.266 e. The third-order valence-corrected chi connectivity index (χ3v) is 5.50. The van der Waals surface area contributed by atoms with Crippen molar-refractivity contribution in [1.82, 2.24) is 10.2 Å². The number of carbonyl (C=O) groups excluding carboxylic acids is 2. The standard InChI is InChI=1S/C17H17Cl3N2O3S2/c1-3-13(23)21-15(17(18,19)20)25-11-7-5-10(6-8-11)9-12-14(24)22(4-2)16(26)27-12/h5-9,15H,3-4H2,1-2H3,(H,21,23)/b12-9-. The molecule has 1 saturated heterocycles. The summed E-state index contributed by atoms with van der Waals surface area (Å²) >= 11 is 24.1. The van der Waals surface area contributed by atoms with Gasteiger partial charge in [0.25, 0.3) is 5.91 Å². The van der Waals surface area contributed by atoms with Crippen molar-refractivity contribution in [3.05, 3.63) is 34.7 Å². The van der Waals surface area contributed by atoms with Crippen molar-refractivity contribution in [3.8, 4) is 5.75 Å². The summed E-state index contributed by atoms with van der Waals surface area (Å²) < 4.78 is 4.31. The number of likely N-dealkylation sites (N-methyl/N-ethyl adjacent to an activating group) is 1. The van der Waals surface area contributed by atoms with Crippen LogP contribution in [0.4, 0.5) is 0 Å². The Hall–Kier alpha value is -0.990. The predicted octanol–water partition coefficient (Wildman–Crippen LogP) is 4.51. The normalized spacial score (nSPS) is 17.4. The molecular weight excluding hydrogens is 451 g/mol. The molecule has 10 heteroatoms. The van der Waals surface area contributed by atoms with E-state index in [0.29, 0.717) is 21.5 Å². The van der Waals surface area contributed by atoms with Gasteiger partial charge in [-0.05, 0) is 30.7 Å². The molecule has 1 unspecified atom stereocenters. The van der Waals surface area contributed by atoms with E-state index in [-0.39, 0.29) is 18.2 Å². The fourth-order valence-electron chi connectivity index (χ4n) is 2.13. The van der Waals surface area contributed by atoms with Gasteiger partial charge in [0.2, 0.25) is 15.9 Å². The first-order chi connectivity index (χ1) is 12.7. The van der Waals surface area contributed by atoms with Crippen LogP contribution in [0.25, 0.3) is 6.08 Å². The number of hydrogen-bond donors (Lipinski definition) is 1. The van der Waals surface area contributed by atoms with E-state index in [4.69, 9.17) is 51.8 Å². The van der Waals surface area contributed by atoms with Crippen LogP contribution in [0.5, 0.6) is 5.75 Å². The minimum absolute atomic E-state index is 0.105. The molecule has 2 amide bonds. The van der Waals surface area contributed by atoms with Crippen LogP contribution in [0.3, 0.4) is 0 Å². The van der Waals surface area contributed by atoms with E-state index in [0.717, 1.165) is 5.56 Å². The average Bonchev–Trinajstić information content (AvgIpc) is 2.87. The maximum atomic E-state index is 12.2. The lowest BCUT2D eigenvalue weighted by Gasteiger charge is -2.26. The molecule has 0 bridgehead atoms. The van der Waals surface area contributed by atoms with Crippen molar-refractivity contribution in [2.75, 3.05) is 6.54 Å². The Bertz CT molecular complexity index is 764. The lowest BCUT2D eigenvalue weighted by Crippen LogP contribution is -2.47. The van der Waals surface area contributed by atoms with Gasteiger partial charge >= 0.3 is 0 Å². The Morgan fingerprint density at radius 3 is 2.44 bits per heavy atom. The highest BCUT2D eigenvalue weighted by molar-refractivity contribution is 8.26. The van der Waals surface area contributed by atoms with Gasteiger partial charge in [-0.2, -0.15) is 0 Å². The molecule has 2 rings (SSSR count). The number of rotatable bonds is 6. The molecule has 5 nitrogen and oxygen atoms in total. The Labute approximate surface area is 182 Å². The number of carbonyl (C=O) groups is 2. The zero-order chi connectivity index (χ0) is 20.2. The van der Waals surface area contributed by atoms with Gasteiger partial charge in [0.1, 0.15) is 10.1 Å². The van der Waals surface area contributed by atoms with Gasteiger partial charge in [-0.15, -0.1) is 0 Å². The summed E-state index contributed by atoms with van der Waals surface area (Å²) in [7, 11) is 0. The van der Waals surface area contributed by atoms with Crippen LogP contribution in [-0.2, 0) is 9.59 Å². The SMILES string of the molecule is CCC(=O)NC(Oc1ccc(/C=C2\SC(=S)N(CC)C2=O)cc1)C(Cl)(Cl)Cl. The fourth-order valence-corrected chi connectivity index (χ4v) is 3.81. The minimum atomic E-state index is -1.84. The van der Waals surface area contributed by atoms with E-state index in [1.165, 1.54) is 11.8 Å². The van der Waals surface area contributed by atoms with Crippen molar-refractivity contribution in [3.63, 3.8) is 0 Å². The van der Waals surface area contributed by atoms with Crippen LogP contribution < -0.4 is 10.1 Å². The van der Waals surface area contributed by atoms with Crippen LogP contribution in [0, 0.1) is 0 Å². The van der Waals surface area contributed by atoms with Gasteiger partial charge < -0.3 is 10.1 Å². The van der Waals surface area contributed by atoms with E-state index >= 15 is 0 Å². The summed E-state index contributed by atoms with van der Waals surface area (Å²) in [5.41, 5.74) is 0.794. The number of ether oxygens (including phenoxy) is 1. The second kappa shape index (κ2) is 9.47. The van der Waals surface area contributed by atoms with E-state index in [1.54, 1.807) is 42.2 Å². The van der Waals surface area contributed by atoms with Gasteiger partial charge in [0, 0.05) is 13.0 Å². The zero-order valence-corrected chi connectivity index (χ0v) is 18.4. The van der Waals surface area contributed by atoms with Crippen LogP contribution in [0.1, 0.15) is 25.8 Å². The van der Waals surface area contributed by atoms with Crippen molar-refractivity contribution < 1.29 is 14.3 Å². The molecule has 1 aromatic rings. The second-order valence-electron chi connectivity index (χ2n) is 5.46. The molecule has 146 valence electrons. The van der Waals surface area contributed by atoms with Gasteiger partial charge in [-0.3, -0.25) is 14.5 Å². The number of nitrogens with zero attached hydrogens (tertiary/aromatic N) is 1. The number of halogens is 3. The molecule has 1 aliphatic heterocycles. The first-order valence-corrected chi connectivity index (χ1v) is 10.4. The maximum absolute atomic E-state index is 12.2. The number of hydrogen-bond acceptors (Lipinski definition) is 5. The molecular formula is C17H17Cl3N2O3S2. The van der Waals surface area contributed by atoms with Crippen LogP contribution in [0.2, 0.25) is 0 Å². The summed E-state index contributed by atoms with van der Waals surface area (Å²) in [4.78, 5) is 25.9. The van der Waals surface area contributed by atoms with E-state index < -0.39 is 10.0 Å². The molecule has 0 radical (unpaired) electrons. The maximum Gasteiger partial charge on any atom is 0.266 e. The second-order valence-corrected chi connectivity index (χ2v) is 9.50. The first-order valence-electron chi connectivity index (χ1n) is 8.03. The van der Waals surface area contributed by atoms with E-state index in [2.05, 4.69) is 5.32 Å². The highest BCUT2D eigenvalue weighted by Gasteiger charge is 2.36. The summed E-state index contributed by atoms with van der Waals surface area (Å²) in [6.45, 7) is 4.09. The third-order valence-electron chi connectivity index (χ3n) is 3.53. The number of benzene rings is 1. The topological polar surface area (TPSA) is 58.6 Å². The largest absolute Gasteiger partial charge is 0.466 e. The molecule has 1 atom stereocenters. The average molecular weight is 468 g/mol. The van der Waals surface area contributed by atoms with Crippen molar-refractivity contribution in [2.24, 2.45) is 0 Å². The summed E-state index contributed by atoms with van der Waals surface area (Å²) in [6.07, 6.45) is 0.848. The van der Waals surface area contributed by atoms with Gasteiger partial charge in [0.15, 0.2) is 0 Å². The quantitative estimate of drug-likeness (QED) is 0.289. The van der Waals surface area contributed by atoms with Crippen LogP contribution in [0.15, 0.2) is 29.2 Å². The van der Waals surface area contributed by atoms with E-state index in [1.807, 2.05) is 6.92 Å². The molecule has 1 aliphatic rings. The lowest BCUT2D eigenvalue weighted by molar-refractivity contribution is -0.123. The molecule has 0 saturated carbocycles. The van der Waals surface area contributed by atoms with Gasteiger partial charge in [-0.1, -0.05) is 77.8 Å². The highest BCUT2D eigenvalue weighted by Crippen LogP contribution is 2.34. The monoisotopic (exact) mass is 466 g/mol. The lowest BCUT2D eigenvalue weighted by atomic mass is 10.2. The van der Waals surface area contributed by atoms with Crippen molar-refractivity contribution >= 4 is 81.0 Å². The van der Waals surface area contributed by atoms with Crippen molar-refractivity contribution in [1.29, 1.82) is 0 Å². The first kappa shape index (κ1) is 22.3. The number of thiocarbonyl (C=S) groups is 1. The number of alkyl halides is 3. The van der Waals surface area contributed by atoms with Crippen LogP contribution in [-0.4, -0.2) is 37.6 Å². The third kappa shape index (κ3) is 5.99. The molecule has 1 N–H and O–H groups in total. The minimum Gasteiger partial charge on any atom is -0.466 e. The Balaban J connectivity index is 2.12. The summed E-state index contributed by atoms with van der Waals surface area (Å²) in [5, 5.41) is 2.51. The van der Waals surface area contributed by atoms with Crippen LogP contribution >= 0.6 is 58.8 Å². The zero-order valence-electron chi connectivity index (χ0n) is 14.5. The molecule has 1 aromatic carbocycles. The number of amides is 2. The number of thioether (sulfide) groups is 1. The van der Waals surface area contributed by atoms with Gasteiger partial charge in [0.05, 0.1) is 4.91 Å². The highest BCUT2D eigenvalue weighted by atomic mass is 35.6. The Morgan fingerprint density at radius 1 is 1.33 bits per heavy atom. The van der Waals surface area contributed by atoms with Gasteiger partial charge in [-0.25, -0.2) is 0 Å². The summed E-state index contributed by atoms with van der Waals surface area (Å²) in [6, 6.07) is 6.83.